The van der Waals surface area contributed by atoms with E-state index in [1.165, 1.54) is 31.0 Å². The lowest BCUT2D eigenvalue weighted by molar-refractivity contribution is -0.129. The van der Waals surface area contributed by atoms with Crippen LogP contribution in [0, 0.1) is 0 Å². The smallest absolute Gasteiger partial charge is 0.238 e. The standard InChI is InChI=1S/C26H33N3O4S/c1-4-6-7-8-16-33-21-14-12-19(13-15-21)27-25(31)23-18-24(30)29(5-2)26(34-23)28-20-10-9-11-22(17-20)32-3/h9-15,17,23H,4-8,16,18H2,1-3H3,(H,27,31). The summed E-state index contributed by atoms with van der Waals surface area (Å²) in [5, 5.41) is 2.87. The molecule has 1 heterocycles. The number of nitrogens with one attached hydrogen (secondary N) is 1. The van der Waals surface area contributed by atoms with Crippen molar-refractivity contribution >= 4 is 40.1 Å². The van der Waals surface area contributed by atoms with Gasteiger partial charge >= 0.3 is 0 Å². The van der Waals surface area contributed by atoms with Gasteiger partial charge in [-0.05, 0) is 49.7 Å². The van der Waals surface area contributed by atoms with E-state index >= 15 is 0 Å². The highest BCUT2D eigenvalue weighted by molar-refractivity contribution is 8.15. The highest BCUT2D eigenvalue weighted by Crippen LogP contribution is 2.31. The molecule has 7 nitrogen and oxygen atoms in total. The number of thioether (sulfide) groups is 1. The third-order valence-electron chi connectivity index (χ3n) is 5.41. The summed E-state index contributed by atoms with van der Waals surface area (Å²) in [5.74, 6) is 1.12. The van der Waals surface area contributed by atoms with Crippen LogP contribution in [-0.4, -0.2) is 47.4 Å². The molecule has 1 aliphatic rings. The van der Waals surface area contributed by atoms with E-state index in [-0.39, 0.29) is 18.2 Å². The Kier molecular flexibility index (Phi) is 9.82. The van der Waals surface area contributed by atoms with Crippen molar-refractivity contribution in [2.24, 2.45) is 4.99 Å². The maximum absolute atomic E-state index is 13.0. The molecule has 0 radical (unpaired) electrons. The molecule has 0 saturated carbocycles. The summed E-state index contributed by atoms with van der Waals surface area (Å²) in [4.78, 5) is 31.9. The Balaban J connectivity index is 1.63. The average molecular weight is 484 g/mol. The van der Waals surface area contributed by atoms with Crippen molar-refractivity contribution in [1.29, 1.82) is 0 Å². The van der Waals surface area contributed by atoms with E-state index in [0.717, 1.165) is 12.2 Å². The lowest BCUT2D eigenvalue weighted by Crippen LogP contribution is -2.45. The van der Waals surface area contributed by atoms with Gasteiger partial charge in [-0.25, -0.2) is 4.99 Å². The van der Waals surface area contributed by atoms with Crippen molar-refractivity contribution < 1.29 is 19.1 Å². The number of nitrogens with zero attached hydrogens (tertiary/aromatic N) is 2. The summed E-state index contributed by atoms with van der Waals surface area (Å²) < 4.78 is 11.0. The minimum Gasteiger partial charge on any atom is -0.497 e. The number of aliphatic imine (C=N–C) groups is 1. The molecule has 0 spiro atoms. The van der Waals surface area contributed by atoms with Gasteiger partial charge in [-0.1, -0.05) is 44.0 Å². The molecule has 1 saturated heterocycles. The first-order chi connectivity index (χ1) is 16.5. The van der Waals surface area contributed by atoms with Crippen LogP contribution >= 0.6 is 11.8 Å². The number of carbonyl (C=O) groups excluding carboxylic acids is 2. The first-order valence-electron chi connectivity index (χ1n) is 11.8. The molecular formula is C26H33N3O4S. The van der Waals surface area contributed by atoms with Crippen LogP contribution in [0.4, 0.5) is 11.4 Å². The van der Waals surface area contributed by atoms with Gasteiger partial charge in [-0.3, -0.25) is 14.5 Å². The number of anilines is 1. The van der Waals surface area contributed by atoms with Gasteiger partial charge in [0.2, 0.25) is 11.8 Å². The van der Waals surface area contributed by atoms with Crippen molar-refractivity contribution in [1.82, 2.24) is 4.90 Å². The van der Waals surface area contributed by atoms with Crippen LogP contribution in [0.25, 0.3) is 0 Å². The first kappa shape index (κ1) is 25.6. The predicted molar refractivity (Wildman–Crippen MR) is 138 cm³/mol. The van der Waals surface area contributed by atoms with Gasteiger partial charge in [0.15, 0.2) is 5.17 Å². The van der Waals surface area contributed by atoms with Crippen molar-refractivity contribution in [2.45, 2.75) is 51.2 Å². The number of ether oxygens (including phenoxy) is 2. The minimum absolute atomic E-state index is 0.116. The summed E-state index contributed by atoms with van der Waals surface area (Å²) in [7, 11) is 1.59. The highest BCUT2D eigenvalue weighted by Gasteiger charge is 2.35. The largest absolute Gasteiger partial charge is 0.497 e. The van der Waals surface area contributed by atoms with Crippen molar-refractivity contribution in [3.8, 4) is 11.5 Å². The van der Waals surface area contributed by atoms with E-state index in [0.29, 0.717) is 35.4 Å². The SMILES string of the molecule is CCCCCCOc1ccc(NC(=O)C2CC(=O)N(CC)C(=Nc3cccc(OC)c3)S2)cc1. The number of rotatable bonds is 11. The molecule has 8 heteroatoms. The summed E-state index contributed by atoms with van der Waals surface area (Å²) in [6.07, 6.45) is 4.75. The van der Waals surface area contributed by atoms with Gasteiger partial charge in [0, 0.05) is 24.7 Å². The van der Waals surface area contributed by atoms with Crippen LogP contribution in [0.5, 0.6) is 11.5 Å². The fraction of sp³-hybridized carbons (Fsp3) is 0.423. The Labute approximate surface area is 205 Å². The van der Waals surface area contributed by atoms with E-state index in [9.17, 15) is 9.59 Å². The number of unbranched alkanes of at least 4 members (excludes halogenated alkanes) is 3. The van der Waals surface area contributed by atoms with Crippen LogP contribution in [0.1, 0.15) is 46.0 Å². The molecule has 2 aromatic carbocycles. The van der Waals surface area contributed by atoms with E-state index in [2.05, 4.69) is 17.2 Å². The van der Waals surface area contributed by atoms with Crippen molar-refractivity contribution in [3.63, 3.8) is 0 Å². The Morgan fingerprint density at radius 2 is 1.91 bits per heavy atom. The van der Waals surface area contributed by atoms with Crippen molar-refractivity contribution in [2.75, 3.05) is 25.6 Å². The third kappa shape index (κ3) is 7.25. The average Bonchev–Trinajstić information content (AvgIpc) is 2.85. The minimum atomic E-state index is -0.561. The third-order valence-corrected chi connectivity index (χ3v) is 6.60. The molecule has 1 unspecified atom stereocenters. The monoisotopic (exact) mass is 483 g/mol. The zero-order valence-electron chi connectivity index (χ0n) is 20.1. The van der Waals surface area contributed by atoms with Crippen molar-refractivity contribution in [3.05, 3.63) is 48.5 Å². The number of benzene rings is 2. The highest BCUT2D eigenvalue weighted by atomic mass is 32.2. The van der Waals surface area contributed by atoms with E-state index < -0.39 is 5.25 Å². The molecule has 2 aromatic rings. The van der Waals surface area contributed by atoms with Crippen LogP contribution in [-0.2, 0) is 9.59 Å². The molecule has 1 fully saturated rings. The molecule has 1 N–H and O–H groups in total. The second-order valence-electron chi connectivity index (χ2n) is 7.97. The van der Waals surface area contributed by atoms with Gasteiger partial charge in [0.25, 0.3) is 0 Å². The first-order valence-corrected chi connectivity index (χ1v) is 12.7. The fourth-order valence-electron chi connectivity index (χ4n) is 3.52. The van der Waals surface area contributed by atoms with Gasteiger partial charge in [-0.15, -0.1) is 0 Å². The second kappa shape index (κ2) is 13.0. The number of methoxy groups -OCH3 is 1. The molecule has 0 bridgehead atoms. The number of amides is 2. The summed E-state index contributed by atoms with van der Waals surface area (Å²) in [5.41, 5.74) is 1.33. The molecule has 3 rings (SSSR count). The number of hydrogen-bond acceptors (Lipinski definition) is 6. The van der Waals surface area contributed by atoms with E-state index in [4.69, 9.17) is 9.47 Å². The molecule has 0 aromatic heterocycles. The lowest BCUT2D eigenvalue weighted by Gasteiger charge is -2.30. The van der Waals surface area contributed by atoms with Crippen LogP contribution in [0.15, 0.2) is 53.5 Å². The van der Waals surface area contributed by atoms with E-state index in [1.807, 2.05) is 49.4 Å². The maximum Gasteiger partial charge on any atom is 0.238 e. The Morgan fingerprint density at radius 3 is 2.62 bits per heavy atom. The molecule has 182 valence electrons. The maximum atomic E-state index is 13.0. The molecule has 0 aliphatic carbocycles. The lowest BCUT2D eigenvalue weighted by atomic mass is 10.2. The molecule has 1 atom stereocenters. The van der Waals surface area contributed by atoms with Gasteiger partial charge in [0.05, 0.1) is 19.4 Å². The van der Waals surface area contributed by atoms with Gasteiger partial charge in [0.1, 0.15) is 16.7 Å². The summed E-state index contributed by atoms with van der Waals surface area (Å²) in [6.45, 7) is 5.26. The normalized spacial score (nSPS) is 17.0. The Morgan fingerprint density at radius 1 is 1.12 bits per heavy atom. The Bertz CT molecular complexity index is 994. The summed E-state index contributed by atoms with van der Waals surface area (Å²) in [6, 6.07) is 14.6. The summed E-state index contributed by atoms with van der Waals surface area (Å²) >= 11 is 1.30. The number of carbonyl (C=O) groups is 2. The zero-order chi connectivity index (χ0) is 24.3. The van der Waals surface area contributed by atoms with Gasteiger partial charge < -0.3 is 14.8 Å². The number of amidine groups is 1. The Hall–Kier alpha value is -3.00. The van der Waals surface area contributed by atoms with Crippen LogP contribution in [0.2, 0.25) is 0 Å². The van der Waals surface area contributed by atoms with Crippen LogP contribution < -0.4 is 14.8 Å². The topological polar surface area (TPSA) is 80.2 Å². The van der Waals surface area contributed by atoms with Crippen LogP contribution in [0.3, 0.4) is 0 Å². The molecule has 1 aliphatic heterocycles. The molecule has 34 heavy (non-hydrogen) atoms. The molecular weight excluding hydrogens is 450 g/mol. The number of hydrogen-bond donors (Lipinski definition) is 1. The fourth-order valence-corrected chi connectivity index (χ4v) is 4.68. The predicted octanol–water partition coefficient (Wildman–Crippen LogP) is 5.63. The van der Waals surface area contributed by atoms with E-state index in [1.54, 1.807) is 18.1 Å². The van der Waals surface area contributed by atoms with Gasteiger partial charge in [-0.2, -0.15) is 0 Å². The zero-order valence-corrected chi connectivity index (χ0v) is 20.9. The second-order valence-corrected chi connectivity index (χ2v) is 9.14. The molecule has 2 amide bonds. The quantitative estimate of drug-likeness (QED) is 0.419.